The fourth-order valence-electron chi connectivity index (χ4n) is 3.44. The van der Waals surface area contributed by atoms with Crippen molar-refractivity contribution in [1.82, 2.24) is 0 Å². The van der Waals surface area contributed by atoms with E-state index >= 15 is 0 Å². The van der Waals surface area contributed by atoms with Gasteiger partial charge in [0.15, 0.2) is 0 Å². The molecule has 3 heteroatoms. The molecule has 2 N–H and O–H groups in total. The number of hydrogen-bond donors (Lipinski definition) is 1. The number of hydrogen-bond acceptors (Lipinski definition) is 2. The Kier molecular flexibility index (Phi) is 5.29. The van der Waals surface area contributed by atoms with Gasteiger partial charge in [-0.15, -0.1) is 0 Å². The van der Waals surface area contributed by atoms with Crippen LogP contribution in [0.5, 0.6) is 0 Å². The van der Waals surface area contributed by atoms with E-state index in [-0.39, 0.29) is 5.82 Å². The van der Waals surface area contributed by atoms with Crippen LogP contribution in [0.3, 0.4) is 0 Å². The third-order valence-electron chi connectivity index (χ3n) is 4.79. The summed E-state index contributed by atoms with van der Waals surface area (Å²) in [4.78, 5) is 2.20. The number of rotatable bonds is 5. The zero-order valence-electron chi connectivity index (χ0n) is 13.5. The molecule has 0 unspecified atom stereocenters. The van der Waals surface area contributed by atoms with Gasteiger partial charge in [0.2, 0.25) is 0 Å². The van der Waals surface area contributed by atoms with Gasteiger partial charge in [-0.25, -0.2) is 4.39 Å². The minimum Gasteiger partial charge on any atom is -0.369 e. The molecule has 0 bridgehead atoms. The minimum absolute atomic E-state index is 0.111. The number of anilines is 1. The highest BCUT2D eigenvalue weighted by molar-refractivity contribution is 5.50. The number of nitrogens with zero attached hydrogens (tertiary/aromatic N) is 1. The van der Waals surface area contributed by atoms with E-state index in [9.17, 15) is 4.39 Å². The standard InChI is InChI=1S/C20H25FN2/c21-19-9-8-16(5-4-12-22)15-20(19)23-13-10-18(11-14-23)17-6-2-1-3-7-17/h1-3,6-9,15,18H,4-5,10-14,22H2. The van der Waals surface area contributed by atoms with Crippen LogP contribution in [0.15, 0.2) is 48.5 Å². The topological polar surface area (TPSA) is 29.3 Å². The van der Waals surface area contributed by atoms with Gasteiger partial charge in [0.05, 0.1) is 5.69 Å². The quantitative estimate of drug-likeness (QED) is 0.900. The van der Waals surface area contributed by atoms with Crippen molar-refractivity contribution >= 4 is 5.69 Å². The molecule has 0 aromatic heterocycles. The van der Waals surface area contributed by atoms with Gasteiger partial charge >= 0.3 is 0 Å². The van der Waals surface area contributed by atoms with Crippen molar-refractivity contribution in [2.24, 2.45) is 5.73 Å². The zero-order valence-corrected chi connectivity index (χ0v) is 13.5. The van der Waals surface area contributed by atoms with Crippen LogP contribution in [-0.4, -0.2) is 19.6 Å². The molecule has 0 radical (unpaired) electrons. The van der Waals surface area contributed by atoms with E-state index in [0.717, 1.165) is 44.5 Å². The molecule has 0 atom stereocenters. The smallest absolute Gasteiger partial charge is 0.146 e. The maximum absolute atomic E-state index is 14.2. The maximum Gasteiger partial charge on any atom is 0.146 e. The van der Waals surface area contributed by atoms with E-state index in [4.69, 9.17) is 5.73 Å². The Labute approximate surface area is 138 Å². The van der Waals surface area contributed by atoms with Crippen LogP contribution in [0, 0.1) is 5.82 Å². The molecule has 0 spiro atoms. The molecule has 2 aromatic carbocycles. The van der Waals surface area contributed by atoms with Crippen molar-refractivity contribution in [2.45, 2.75) is 31.6 Å². The van der Waals surface area contributed by atoms with Crippen LogP contribution in [0.25, 0.3) is 0 Å². The van der Waals surface area contributed by atoms with E-state index in [2.05, 4.69) is 35.2 Å². The summed E-state index contributed by atoms with van der Waals surface area (Å²) in [6.07, 6.45) is 4.03. The Morgan fingerprint density at radius 1 is 1.04 bits per heavy atom. The van der Waals surface area contributed by atoms with E-state index < -0.39 is 0 Å². The molecule has 23 heavy (non-hydrogen) atoms. The van der Waals surface area contributed by atoms with E-state index in [1.54, 1.807) is 6.07 Å². The zero-order chi connectivity index (χ0) is 16.1. The number of piperidine rings is 1. The monoisotopic (exact) mass is 312 g/mol. The molecule has 2 aromatic rings. The SMILES string of the molecule is NCCCc1ccc(F)c(N2CCC(c3ccccc3)CC2)c1. The lowest BCUT2D eigenvalue weighted by Crippen LogP contribution is -2.33. The Morgan fingerprint density at radius 3 is 2.48 bits per heavy atom. The molecule has 0 amide bonds. The third-order valence-corrected chi connectivity index (χ3v) is 4.79. The summed E-state index contributed by atoms with van der Waals surface area (Å²) >= 11 is 0. The largest absolute Gasteiger partial charge is 0.369 e. The van der Waals surface area contributed by atoms with Gasteiger partial charge in [0.1, 0.15) is 5.82 Å². The Bertz CT molecular complexity index is 619. The van der Waals surface area contributed by atoms with Gasteiger partial charge in [-0.1, -0.05) is 36.4 Å². The second-order valence-corrected chi connectivity index (χ2v) is 6.35. The predicted molar refractivity (Wildman–Crippen MR) is 94.4 cm³/mol. The summed E-state index contributed by atoms with van der Waals surface area (Å²) in [7, 11) is 0. The van der Waals surface area contributed by atoms with Gasteiger partial charge in [0, 0.05) is 13.1 Å². The molecule has 0 aliphatic carbocycles. The first-order chi connectivity index (χ1) is 11.3. The molecule has 2 nitrogen and oxygen atoms in total. The molecule has 1 aliphatic heterocycles. The van der Waals surface area contributed by atoms with Gasteiger partial charge in [0.25, 0.3) is 0 Å². The molecular weight excluding hydrogens is 287 g/mol. The molecule has 1 aliphatic rings. The average Bonchev–Trinajstić information content (AvgIpc) is 2.62. The van der Waals surface area contributed by atoms with Crippen LogP contribution in [0.2, 0.25) is 0 Å². The second kappa shape index (κ2) is 7.60. The van der Waals surface area contributed by atoms with Crippen LogP contribution < -0.4 is 10.6 Å². The van der Waals surface area contributed by atoms with Crippen LogP contribution in [-0.2, 0) is 6.42 Å². The normalized spacial score (nSPS) is 15.8. The minimum atomic E-state index is -0.111. The first-order valence-corrected chi connectivity index (χ1v) is 8.56. The summed E-state index contributed by atoms with van der Waals surface area (Å²) in [6.45, 7) is 2.50. The fraction of sp³-hybridized carbons (Fsp3) is 0.400. The van der Waals surface area contributed by atoms with Crippen molar-refractivity contribution in [3.63, 3.8) is 0 Å². The summed E-state index contributed by atoms with van der Waals surface area (Å²) in [5.74, 6) is 0.482. The molecule has 1 saturated heterocycles. The molecule has 0 saturated carbocycles. The van der Waals surface area contributed by atoms with Crippen molar-refractivity contribution < 1.29 is 4.39 Å². The van der Waals surface area contributed by atoms with Crippen LogP contribution >= 0.6 is 0 Å². The van der Waals surface area contributed by atoms with Crippen molar-refractivity contribution in [2.75, 3.05) is 24.5 Å². The lowest BCUT2D eigenvalue weighted by atomic mass is 9.89. The molecule has 1 heterocycles. The molecule has 1 fully saturated rings. The Morgan fingerprint density at radius 2 is 1.78 bits per heavy atom. The highest BCUT2D eigenvalue weighted by Crippen LogP contribution is 2.31. The number of nitrogens with two attached hydrogens (primary N) is 1. The lowest BCUT2D eigenvalue weighted by Gasteiger charge is -2.34. The van der Waals surface area contributed by atoms with Gasteiger partial charge < -0.3 is 10.6 Å². The Balaban J connectivity index is 1.67. The molecular formula is C20H25FN2. The first-order valence-electron chi connectivity index (χ1n) is 8.56. The van der Waals surface area contributed by atoms with Crippen LogP contribution in [0.4, 0.5) is 10.1 Å². The summed E-state index contributed by atoms with van der Waals surface area (Å²) in [5.41, 5.74) is 8.91. The van der Waals surface area contributed by atoms with Gasteiger partial charge in [-0.3, -0.25) is 0 Å². The highest BCUT2D eigenvalue weighted by Gasteiger charge is 2.22. The highest BCUT2D eigenvalue weighted by atomic mass is 19.1. The van der Waals surface area contributed by atoms with Crippen LogP contribution in [0.1, 0.15) is 36.3 Å². The Hall–Kier alpha value is -1.87. The summed E-state index contributed by atoms with van der Waals surface area (Å²) in [6, 6.07) is 16.2. The van der Waals surface area contributed by atoms with Crippen molar-refractivity contribution in [1.29, 1.82) is 0 Å². The van der Waals surface area contributed by atoms with Crippen molar-refractivity contribution in [3.05, 3.63) is 65.5 Å². The first kappa shape index (κ1) is 16.0. The summed E-state index contributed by atoms with van der Waals surface area (Å²) in [5, 5.41) is 0. The van der Waals surface area contributed by atoms with Gasteiger partial charge in [-0.2, -0.15) is 0 Å². The second-order valence-electron chi connectivity index (χ2n) is 6.35. The summed E-state index contributed by atoms with van der Waals surface area (Å²) < 4.78 is 14.2. The maximum atomic E-state index is 14.2. The van der Waals surface area contributed by atoms with Gasteiger partial charge in [-0.05, 0) is 61.4 Å². The lowest BCUT2D eigenvalue weighted by molar-refractivity contribution is 0.497. The molecule has 122 valence electrons. The molecule has 3 rings (SSSR count). The van der Waals surface area contributed by atoms with Crippen molar-refractivity contribution in [3.8, 4) is 0 Å². The van der Waals surface area contributed by atoms with E-state index in [1.165, 1.54) is 11.1 Å². The fourth-order valence-corrected chi connectivity index (χ4v) is 3.44. The number of aryl methyl sites for hydroxylation is 1. The van der Waals surface area contributed by atoms with E-state index in [1.807, 2.05) is 12.1 Å². The van der Waals surface area contributed by atoms with E-state index in [0.29, 0.717) is 12.5 Å². The predicted octanol–water partition coefficient (Wildman–Crippen LogP) is 4.10. The average molecular weight is 312 g/mol. The number of benzene rings is 2. The number of halogens is 1. The third kappa shape index (κ3) is 3.91.